The molecule has 74 valence electrons. The van der Waals surface area contributed by atoms with Crippen molar-refractivity contribution < 1.29 is 9.90 Å². The van der Waals surface area contributed by atoms with Crippen molar-refractivity contribution in [3.8, 4) is 0 Å². The third-order valence-corrected chi connectivity index (χ3v) is 2.54. The Bertz CT molecular complexity index is 323. The summed E-state index contributed by atoms with van der Waals surface area (Å²) >= 11 is 0. The number of hydrogen-bond acceptors (Lipinski definition) is 2. The Morgan fingerprint density at radius 3 is 2.64 bits per heavy atom. The van der Waals surface area contributed by atoms with Gasteiger partial charge in [0.25, 0.3) is 0 Å². The van der Waals surface area contributed by atoms with Crippen molar-refractivity contribution in [3.05, 3.63) is 35.9 Å². The third kappa shape index (κ3) is 2.12. The molecule has 0 radical (unpaired) electrons. The summed E-state index contributed by atoms with van der Waals surface area (Å²) in [6, 6.07) is 10.00. The molecule has 2 atom stereocenters. The molecule has 1 aliphatic heterocycles. The number of rotatable bonds is 4. The highest BCUT2D eigenvalue weighted by molar-refractivity contribution is 5.78. The Labute approximate surface area is 82.8 Å². The number of benzene rings is 1. The van der Waals surface area contributed by atoms with Gasteiger partial charge in [0.15, 0.2) is 0 Å². The van der Waals surface area contributed by atoms with E-state index < -0.39 is 5.97 Å². The monoisotopic (exact) mass is 191 g/mol. The van der Waals surface area contributed by atoms with E-state index in [1.54, 1.807) is 0 Å². The Morgan fingerprint density at radius 2 is 2.07 bits per heavy atom. The fourth-order valence-corrected chi connectivity index (χ4v) is 1.64. The van der Waals surface area contributed by atoms with Crippen molar-refractivity contribution in [2.24, 2.45) is 0 Å². The first-order chi connectivity index (χ1) is 6.77. The smallest absolute Gasteiger partial charge is 0.322 e. The molecule has 1 fully saturated rings. The maximum absolute atomic E-state index is 10.5. The lowest BCUT2D eigenvalue weighted by atomic mass is 10.1. The molecule has 0 aliphatic carbocycles. The van der Waals surface area contributed by atoms with Crippen LogP contribution in [-0.4, -0.2) is 23.2 Å². The number of nitrogens with one attached hydrogen (secondary N) is 1. The molecule has 1 heterocycles. The lowest BCUT2D eigenvalue weighted by Gasteiger charge is -1.97. The van der Waals surface area contributed by atoms with Gasteiger partial charge in [0.05, 0.1) is 0 Å². The fourth-order valence-electron chi connectivity index (χ4n) is 1.64. The van der Waals surface area contributed by atoms with Crippen LogP contribution in [0.3, 0.4) is 0 Å². The van der Waals surface area contributed by atoms with Crippen molar-refractivity contribution in [1.82, 2.24) is 5.32 Å². The Kier molecular flexibility index (Phi) is 2.50. The largest absolute Gasteiger partial charge is 0.480 e. The molecule has 0 spiro atoms. The summed E-state index contributed by atoms with van der Waals surface area (Å²) in [7, 11) is 0. The Hall–Kier alpha value is -1.35. The Morgan fingerprint density at radius 1 is 1.36 bits per heavy atom. The molecule has 3 heteroatoms. The van der Waals surface area contributed by atoms with Crippen LogP contribution in [0.4, 0.5) is 0 Å². The molecule has 0 bridgehead atoms. The van der Waals surface area contributed by atoms with Gasteiger partial charge in [-0.2, -0.15) is 0 Å². The molecule has 1 saturated heterocycles. The topological polar surface area (TPSA) is 59.2 Å². The van der Waals surface area contributed by atoms with Gasteiger partial charge in [-0.05, 0) is 18.4 Å². The predicted molar refractivity (Wildman–Crippen MR) is 53.1 cm³/mol. The van der Waals surface area contributed by atoms with Gasteiger partial charge in [-0.3, -0.25) is 10.1 Å². The van der Waals surface area contributed by atoms with Crippen LogP contribution in [0.1, 0.15) is 12.0 Å². The maximum Gasteiger partial charge on any atom is 0.322 e. The normalized spacial score (nSPS) is 24.6. The lowest BCUT2D eigenvalue weighted by Crippen LogP contribution is -2.09. The quantitative estimate of drug-likeness (QED) is 0.699. The molecular weight excluding hydrogens is 178 g/mol. The Balaban J connectivity index is 1.77. The van der Waals surface area contributed by atoms with Gasteiger partial charge in [0.1, 0.15) is 6.04 Å². The molecule has 0 amide bonds. The van der Waals surface area contributed by atoms with Crippen LogP contribution >= 0.6 is 0 Å². The number of carbonyl (C=O) groups is 1. The van der Waals surface area contributed by atoms with Crippen molar-refractivity contribution in [2.75, 3.05) is 0 Å². The zero-order chi connectivity index (χ0) is 9.97. The molecule has 0 unspecified atom stereocenters. The van der Waals surface area contributed by atoms with E-state index in [4.69, 9.17) is 5.11 Å². The molecule has 2 N–H and O–H groups in total. The van der Waals surface area contributed by atoms with Gasteiger partial charge < -0.3 is 5.11 Å². The zero-order valence-electron chi connectivity index (χ0n) is 7.81. The second kappa shape index (κ2) is 3.80. The van der Waals surface area contributed by atoms with Crippen LogP contribution in [-0.2, 0) is 11.2 Å². The zero-order valence-corrected chi connectivity index (χ0v) is 7.81. The van der Waals surface area contributed by atoms with Gasteiger partial charge in [0.2, 0.25) is 0 Å². The van der Waals surface area contributed by atoms with E-state index in [1.165, 1.54) is 5.56 Å². The fraction of sp³-hybridized carbons (Fsp3) is 0.364. The van der Waals surface area contributed by atoms with E-state index in [0.717, 1.165) is 12.8 Å². The van der Waals surface area contributed by atoms with Crippen LogP contribution in [0.25, 0.3) is 0 Å². The number of carboxylic acid groups (broad SMARTS) is 1. The van der Waals surface area contributed by atoms with E-state index in [0.29, 0.717) is 0 Å². The van der Waals surface area contributed by atoms with Gasteiger partial charge in [-0.15, -0.1) is 0 Å². The summed E-state index contributed by atoms with van der Waals surface area (Å²) in [5, 5.41) is 11.6. The molecule has 3 nitrogen and oxygen atoms in total. The second-order valence-corrected chi connectivity index (χ2v) is 3.61. The van der Waals surface area contributed by atoms with E-state index in [-0.39, 0.29) is 12.1 Å². The highest BCUT2D eigenvalue weighted by Gasteiger charge is 2.41. The lowest BCUT2D eigenvalue weighted by molar-refractivity contribution is -0.136. The summed E-state index contributed by atoms with van der Waals surface area (Å²) in [5.74, 6) is -0.733. The molecular formula is C11H13NO2. The minimum absolute atomic E-state index is 0.174. The molecule has 1 aromatic rings. The average Bonchev–Trinajstić information content (AvgIpc) is 2.96. The van der Waals surface area contributed by atoms with E-state index in [9.17, 15) is 4.79 Å². The maximum atomic E-state index is 10.5. The van der Waals surface area contributed by atoms with Crippen LogP contribution in [0.5, 0.6) is 0 Å². The first-order valence-corrected chi connectivity index (χ1v) is 4.80. The van der Waals surface area contributed by atoms with Crippen molar-refractivity contribution >= 4 is 5.97 Å². The number of hydrogen-bond donors (Lipinski definition) is 2. The van der Waals surface area contributed by atoms with Gasteiger partial charge in [-0.25, -0.2) is 0 Å². The van der Waals surface area contributed by atoms with E-state index in [1.807, 2.05) is 18.2 Å². The molecule has 0 aromatic heterocycles. The van der Waals surface area contributed by atoms with Crippen molar-refractivity contribution in [1.29, 1.82) is 0 Å². The molecule has 2 rings (SSSR count). The minimum atomic E-state index is -0.733. The number of aryl methyl sites for hydroxylation is 1. The summed E-state index contributed by atoms with van der Waals surface area (Å²) in [6.07, 6.45) is 1.85. The van der Waals surface area contributed by atoms with Crippen LogP contribution in [0, 0.1) is 0 Å². The molecule has 14 heavy (non-hydrogen) atoms. The molecule has 0 saturated carbocycles. The van der Waals surface area contributed by atoms with Crippen molar-refractivity contribution in [3.63, 3.8) is 0 Å². The van der Waals surface area contributed by atoms with Gasteiger partial charge >= 0.3 is 5.97 Å². The first-order valence-electron chi connectivity index (χ1n) is 4.80. The van der Waals surface area contributed by atoms with Crippen LogP contribution in [0.2, 0.25) is 0 Å². The SMILES string of the molecule is O=C(O)[C@H]1N[C@@H]1CCc1ccccc1. The second-order valence-electron chi connectivity index (χ2n) is 3.61. The third-order valence-electron chi connectivity index (χ3n) is 2.54. The van der Waals surface area contributed by atoms with Crippen LogP contribution < -0.4 is 5.32 Å². The summed E-state index contributed by atoms with van der Waals surface area (Å²) in [6.45, 7) is 0. The predicted octanol–water partition coefficient (Wildman–Crippen LogP) is 1.04. The van der Waals surface area contributed by atoms with Crippen molar-refractivity contribution in [2.45, 2.75) is 24.9 Å². The average molecular weight is 191 g/mol. The highest BCUT2D eigenvalue weighted by atomic mass is 16.4. The minimum Gasteiger partial charge on any atom is -0.480 e. The van der Waals surface area contributed by atoms with Crippen LogP contribution in [0.15, 0.2) is 30.3 Å². The van der Waals surface area contributed by atoms with Gasteiger partial charge in [0, 0.05) is 6.04 Å². The molecule has 1 aromatic carbocycles. The standard InChI is InChI=1S/C11H13NO2/c13-11(14)10-9(12-10)7-6-8-4-2-1-3-5-8/h1-5,9-10,12H,6-7H2,(H,13,14)/t9-,10+/m1/s1. The van der Waals surface area contributed by atoms with E-state index in [2.05, 4.69) is 17.4 Å². The summed E-state index contributed by atoms with van der Waals surface area (Å²) < 4.78 is 0. The summed E-state index contributed by atoms with van der Waals surface area (Å²) in [5.41, 5.74) is 1.27. The summed E-state index contributed by atoms with van der Waals surface area (Å²) in [4.78, 5) is 10.5. The number of carboxylic acids is 1. The van der Waals surface area contributed by atoms with E-state index >= 15 is 0 Å². The molecule has 1 aliphatic rings. The highest BCUT2D eigenvalue weighted by Crippen LogP contribution is 2.17. The van der Waals surface area contributed by atoms with Gasteiger partial charge in [-0.1, -0.05) is 30.3 Å². The first kappa shape index (κ1) is 9.21. The number of aliphatic carboxylic acids is 1.